The molecule has 14 heteroatoms. The number of nitro benzene ring substituents is 2. The van der Waals surface area contributed by atoms with Gasteiger partial charge in [-0.05, 0) is 24.3 Å². The van der Waals surface area contributed by atoms with Crippen LogP contribution >= 0.6 is 0 Å². The first-order valence-corrected chi connectivity index (χ1v) is 11.8. The number of urea groups is 1. The van der Waals surface area contributed by atoms with Gasteiger partial charge in [0.25, 0.3) is 11.4 Å². The van der Waals surface area contributed by atoms with E-state index in [2.05, 4.69) is 15.1 Å². The largest absolute Gasteiger partial charge is 0.393 e. The van der Waals surface area contributed by atoms with Gasteiger partial charge in [0.2, 0.25) is 0 Å². The summed E-state index contributed by atoms with van der Waals surface area (Å²) >= 11 is 0. The summed E-state index contributed by atoms with van der Waals surface area (Å²) < 4.78 is 0. The van der Waals surface area contributed by atoms with E-state index in [1.807, 2.05) is 0 Å². The second-order valence-corrected chi connectivity index (χ2v) is 8.89. The Balaban J connectivity index is 0.000000213. The number of nitrogen functional groups attached to an aromatic ring is 2. The Kier molecular flexibility index (Phi) is 8.90. The summed E-state index contributed by atoms with van der Waals surface area (Å²) in [7, 11) is 3.46. The summed E-state index contributed by atoms with van der Waals surface area (Å²) in [4.78, 5) is 39.8. The number of hydrogen-bond donors (Lipinski definition) is 3. The average Bonchev–Trinajstić information content (AvgIpc) is 2.88. The number of anilines is 4. The van der Waals surface area contributed by atoms with E-state index < -0.39 is 9.85 Å². The number of carbonyl (C=O) groups is 1. The molecule has 0 unspecified atom stereocenters. The fourth-order valence-corrected chi connectivity index (χ4v) is 4.17. The van der Waals surface area contributed by atoms with Gasteiger partial charge >= 0.3 is 6.03 Å². The highest BCUT2D eigenvalue weighted by molar-refractivity contribution is 5.74. The molecule has 2 amide bonds. The van der Waals surface area contributed by atoms with Crippen LogP contribution < -0.4 is 26.6 Å². The van der Waals surface area contributed by atoms with Crippen LogP contribution in [0.3, 0.4) is 0 Å². The zero-order valence-corrected chi connectivity index (χ0v) is 21.0. The van der Waals surface area contributed by atoms with Crippen molar-refractivity contribution in [1.29, 1.82) is 0 Å². The van der Waals surface area contributed by atoms with Crippen LogP contribution in [0.25, 0.3) is 0 Å². The van der Waals surface area contributed by atoms with Crippen LogP contribution in [0, 0.1) is 20.2 Å². The van der Waals surface area contributed by atoms with Crippen molar-refractivity contribution in [3.05, 3.63) is 56.6 Å². The topological polar surface area (TPSA) is 180 Å². The Bertz CT molecular complexity index is 1130. The van der Waals surface area contributed by atoms with Gasteiger partial charge in [0.05, 0.1) is 9.85 Å². The lowest BCUT2D eigenvalue weighted by molar-refractivity contribution is -0.384. The van der Waals surface area contributed by atoms with Crippen molar-refractivity contribution < 1.29 is 14.6 Å². The van der Waals surface area contributed by atoms with Gasteiger partial charge in [0.1, 0.15) is 11.4 Å². The minimum Gasteiger partial charge on any atom is -0.393 e. The first-order valence-electron chi connectivity index (χ1n) is 11.8. The third kappa shape index (κ3) is 6.88. The summed E-state index contributed by atoms with van der Waals surface area (Å²) in [6.45, 7) is 6.25. The molecule has 4 rings (SSSR count). The molecular weight excluding hydrogens is 482 g/mol. The lowest BCUT2D eigenvalue weighted by atomic mass is 10.2. The van der Waals surface area contributed by atoms with Gasteiger partial charge in [0, 0.05) is 90.0 Å². The standard InChI is InChI=1S/C13H19N5O3.C10H14N4O2/c1-15(2)13(19)17-7-5-16(6-8-17)10-3-4-12(18(20)21)11(14)9-10;11-9-7-8(1-2-10(9)14(15)16)13-5-3-12-4-6-13/h3-4,9H,5-8,14H2,1-2H3;1-2,7,12H,3-6,11H2. The van der Waals surface area contributed by atoms with E-state index in [9.17, 15) is 25.0 Å². The zero-order valence-electron chi connectivity index (χ0n) is 21.0. The first-order chi connectivity index (χ1) is 17.6. The normalized spacial score (nSPS) is 15.5. The number of nitrogens with one attached hydrogen (secondary N) is 1. The molecule has 2 aliphatic heterocycles. The SMILES string of the molecule is CN(C)C(=O)N1CCN(c2ccc([N+](=O)[O-])c(N)c2)CC1.Nc1cc(N2CCNCC2)ccc1[N+](=O)[O-]. The van der Waals surface area contributed by atoms with Gasteiger partial charge < -0.3 is 36.4 Å². The van der Waals surface area contributed by atoms with E-state index in [0.29, 0.717) is 26.2 Å². The number of rotatable bonds is 4. The van der Waals surface area contributed by atoms with Crippen LogP contribution in [0.4, 0.5) is 38.9 Å². The van der Waals surface area contributed by atoms with E-state index >= 15 is 0 Å². The van der Waals surface area contributed by atoms with Crippen LogP contribution in [0.1, 0.15) is 0 Å². The van der Waals surface area contributed by atoms with Crippen molar-refractivity contribution >= 4 is 40.2 Å². The number of carbonyl (C=O) groups excluding carboxylic acids is 1. The summed E-state index contributed by atoms with van der Waals surface area (Å²) in [6.07, 6.45) is 0. The van der Waals surface area contributed by atoms with E-state index in [4.69, 9.17) is 11.5 Å². The Morgan fingerprint density at radius 3 is 1.62 bits per heavy atom. The highest BCUT2D eigenvalue weighted by Crippen LogP contribution is 2.28. The highest BCUT2D eigenvalue weighted by Gasteiger charge is 2.23. The number of nitro groups is 2. The van der Waals surface area contributed by atoms with Gasteiger partial charge in [-0.2, -0.15) is 0 Å². The van der Waals surface area contributed by atoms with Gasteiger partial charge in [-0.3, -0.25) is 20.2 Å². The van der Waals surface area contributed by atoms with Gasteiger partial charge in [-0.1, -0.05) is 0 Å². The molecular formula is C23H33N9O5. The van der Waals surface area contributed by atoms with Crippen molar-refractivity contribution in [2.45, 2.75) is 0 Å². The van der Waals surface area contributed by atoms with Crippen LogP contribution in [0.5, 0.6) is 0 Å². The molecule has 0 aliphatic carbocycles. The second kappa shape index (κ2) is 12.1. The van der Waals surface area contributed by atoms with E-state index in [0.717, 1.165) is 37.6 Å². The second-order valence-electron chi connectivity index (χ2n) is 8.89. The van der Waals surface area contributed by atoms with E-state index in [1.54, 1.807) is 48.2 Å². The van der Waals surface area contributed by atoms with Gasteiger partial charge in [-0.15, -0.1) is 0 Å². The number of nitrogens with zero attached hydrogens (tertiary/aromatic N) is 6. The molecule has 2 aromatic rings. The molecule has 2 aliphatic rings. The molecule has 5 N–H and O–H groups in total. The van der Waals surface area contributed by atoms with Crippen molar-refractivity contribution in [2.24, 2.45) is 0 Å². The monoisotopic (exact) mass is 515 g/mol. The smallest absolute Gasteiger partial charge is 0.319 e. The molecule has 0 bridgehead atoms. The zero-order chi connectivity index (χ0) is 27.1. The molecule has 200 valence electrons. The molecule has 0 radical (unpaired) electrons. The van der Waals surface area contributed by atoms with Crippen molar-refractivity contribution in [3.8, 4) is 0 Å². The van der Waals surface area contributed by atoms with Crippen molar-refractivity contribution in [3.63, 3.8) is 0 Å². The predicted molar refractivity (Wildman–Crippen MR) is 143 cm³/mol. The van der Waals surface area contributed by atoms with Gasteiger partial charge in [-0.25, -0.2) is 4.79 Å². The number of benzene rings is 2. The summed E-state index contributed by atoms with van der Waals surface area (Å²) in [6, 6.07) is 9.61. The maximum Gasteiger partial charge on any atom is 0.319 e. The molecule has 2 aromatic carbocycles. The minimum atomic E-state index is -0.493. The van der Waals surface area contributed by atoms with Crippen molar-refractivity contribution in [1.82, 2.24) is 15.1 Å². The maximum absolute atomic E-state index is 11.9. The lowest BCUT2D eigenvalue weighted by Gasteiger charge is -2.37. The molecule has 37 heavy (non-hydrogen) atoms. The predicted octanol–water partition coefficient (Wildman–Crippen LogP) is 1.57. The average molecular weight is 516 g/mol. The Morgan fingerprint density at radius 2 is 1.24 bits per heavy atom. The summed E-state index contributed by atoms with van der Waals surface area (Å²) in [5.74, 6) is 0. The number of amides is 2. The van der Waals surface area contributed by atoms with Crippen LogP contribution in [-0.2, 0) is 0 Å². The fraction of sp³-hybridized carbons (Fsp3) is 0.435. The molecule has 0 aromatic heterocycles. The molecule has 14 nitrogen and oxygen atoms in total. The van der Waals surface area contributed by atoms with Crippen molar-refractivity contribution in [2.75, 3.05) is 87.7 Å². The third-order valence-corrected chi connectivity index (χ3v) is 6.20. The number of piperazine rings is 2. The number of hydrogen-bond acceptors (Lipinski definition) is 10. The molecule has 0 atom stereocenters. The van der Waals surface area contributed by atoms with E-state index in [1.165, 1.54) is 12.1 Å². The number of nitrogens with two attached hydrogens (primary N) is 2. The minimum absolute atomic E-state index is 0.00198. The van der Waals surface area contributed by atoms with Crippen LogP contribution in [0.2, 0.25) is 0 Å². The molecule has 2 heterocycles. The maximum atomic E-state index is 11.9. The Morgan fingerprint density at radius 1 is 0.811 bits per heavy atom. The van der Waals surface area contributed by atoms with Gasteiger partial charge in [0.15, 0.2) is 0 Å². The van der Waals surface area contributed by atoms with Crippen LogP contribution in [-0.4, -0.2) is 92.1 Å². The first kappa shape index (κ1) is 27.3. The van der Waals surface area contributed by atoms with E-state index in [-0.39, 0.29) is 28.8 Å². The quantitative estimate of drug-likeness (QED) is 0.307. The summed E-state index contributed by atoms with van der Waals surface area (Å²) in [5.41, 5.74) is 13.4. The summed E-state index contributed by atoms with van der Waals surface area (Å²) in [5, 5.41) is 24.6. The third-order valence-electron chi connectivity index (χ3n) is 6.20. The Labute approximate surface area is 214 Å². The molecule has 0 saturated carbocycles. The highest BCUT2D eigenvalue weighted by atomic mass is 16.6. The Hall–Kier alpha value is -4.33. The van der Waals surface area contributed by atoms with Crippen LogP contribution in [0.15, 0.2) is 36.4 Å². The molecule has 2 saturated heterocycles. The fourth-order valence-electron chi connectivity index (χ4n) is 4.17. The molecule has 2 fully saturated rings. The molecule has 0 spiro atoms. The lowest BCUT2D eigenvalue weighted by Crippen LogP contribution is -2.51.